The predicted octanol–water partition coefficient (Wildman–Crippen LogP) is 4.54. The lowest BCUT2D eigenvalue weighted by atomic mass is 10.1. The Morgan fingerprint density at radius 2 is 1.78 bits per heavy atom. The SMILES string of the molecule is c1ccc(COc2ccc3c(Cn4nnc5ccccc54)c[nH]c3c2)cc1. The van der Waals surface area contributed by atoms with Crippen molar-refractivity contribution in [2.45, 2.75) is 13.2 Å². The molecule has 3 aromatic carbocycles. The van der Waals surface area contributed by atoms with Crippen LogP contribution in [0.25, 0.3) is 21.9 Å². The maximum Gasteiger partial charge on any atom is 0.121 e. The van der Waals surface area contributed by atoms with Gasteiger partial charge in [0.05, 0.1) is 12.1 Å². The number of hydrogen-bond donors (Lipinski definition) is 1. The Bertz CT molecular complexity index is 1210. The number of rotatable bonds is 5. The summed E-state index contributed by atoms with van der Waals surface area (Å²) in [6.45, 7) is 1.23. The third-order valence-electron chi connectivity index (χ3n) is 4.73. The van der Waals surface area contributed by atoms with Crippen LogP contribution in [0.2, 0.25) is 0 Å². The van der Waals surface area contributed by atoms with Crippen molar-refractivity contribution in [3.63, 3.8) is 0 Å². The normalized spacial score (nSPS) is 11.3. The Balaban J connectivity index is 1.39. The molecule has 0 radical (unpaired) electrons. The molecule has 27 heavy (non-hydrogen) atoms. The number of H-pyrrole nitrogens is 1. The Kier molecular flexibility index (Phi) is 3.83. The monoisotopic (exact) mass is 354 g/mol. The molecule has 0 spiro atoms. The minimum Gasteiger partial charge on any atom is -0.489 e. The summed E-state index contributed by atoms with van der Waals surface area (Å²) < 4.78 is 7.85. The van der Waals surface area contributed by atoms with Gasteiger partial charge in [-0.15, -0.1) is 5.10 Å². The predicted molar refractivity (Wildman–Crippen MR) is 106 cm³/mol. The van der Waals surface area contributed by atoms with Gasteiger partial charge >= 0.3 is 0 Å². The summed E-state index contributed by atoms with van der Waals surface area (Å²) in [5.41, 5.74) is 5.33. The summed E-state index contributed by atoms with van der Waals surface area (Å²) >= 11 is 0. The highest BCUT2D eigenvalue weighted by atomic mass is 16.5. The van der Waals surface area contributed by atoms with Crippen molar-refractivity contribution in [1.29, 1.82) is 0 Å². The van der Waals surface area contributed by atoms with Crippen LogP contribution in [0.4, 0.5) is 0 Å². The van der Waals surface area contributed by atoms with Crippen LogP contribution in [0.1, 0.15) is 11.1 Å². The Labute approximate surface area is 156 Å². The van der Waals surface area contributed by atoms with Crippen molar-refractivity contribution in [2.24, 2.45) is 0 Å². The second kappa shape index (κ2) is 6.61. The highest BCUT2D eigenvalue weighted by Gasteiger charge is 2.09. The first-order valence-corrected chi connectivity index (χ1v) is 8.92. The molecule has 0 bridgehead atoms. The van der Waals surface area contributed by atoms with E-state index in [1.54, 1.807) is 0 Å². The van der Waals surface area contributed by atoms with Gasteiger partial charge in [-0.05, 0) is 35.4 Å². The minimum atomic E-state index is 0.560. The topological polar surface area (TPSA) is 55.7 Å². The summed E-state index contributed by atoms with van der Waals surface area (Å²) in [5.74, 6) is 0.853. The molecule has 1 N–H and O–H groups in total. The van der Waals surface area contributed by atoms with Gasteiger partial charge in [0.1, 0.15) is 17.9 Å². The van der Waals surface area contributed by atoms with Gasteiger partial charge in [-0.2, -0.15) is 0 Å². The van der Waals surface area contributed by atoms with Crippen molar-refractivity contribution in [3.05, 3.63) is 90.1 Å². The van der Waals surface area contributed by atoms with Crippen LogP contribution in [0, 0.1) is 0 Å². The second-order valence-corrected chi connectivity index (χ2v) is 6.53. The van der Waals surface area contributed by atoms with E-state index in [9.17, 15) is 0 Å². The first-order chi connectivity index (χ1) is 13.4. The van der Waals surface area contributed by atoms with E-state index in [1.165, 1.54) is 10.9 Å². The van der Waals surface area contributed by atoms with Crippen LogP contribution in [-0.4, -0.2) is 20.0 Å². The number of fused-ring (bicyclic) bond motifs is 2. The standard InChI is InChI=1S/C22H18N4O/c1-2-6-16(7-3-1)15-27-18-10-11-19-17(13-23-21(19)12-18)14-26-22-9-5-4-8-20(22)24-25-26/h1-13,23H,14-15H2. The first-order valence-electron chi connectivity index (χ1n) is 8.92. The quantitative estimate of drug-likeness (QED) is 0.504. The molecule has 0 atom stereocenters. The molecule has 0 aliphatic heterocycles. The van der Waals surface area contributed by atoms with Gasteiger partial charge in [-0.25, -0.2) is 4.68 Å². The third kappa shape index (κ3) is 3.04. The van der Waals surface area contributed by atoms with Crippen molar-refractivity contribution in [1.82, 2.24) is 20.0 Å². The van der Waals surface area contributed by atoms with Crippen LogP contribution in [0.5, 0.6) is 5.75 Å². The molecular formula is C22H18N4O. The van der Waals surface area contributed by atoms with E-state index >= 15 is 0 Å². The zero-order valence-electron chi connectivity index (χ0n) is 14.7. The molecule has 5 heteroatoms. The van der Waals surface area contributed by atoms with Gasteiger partial charge in [0.15, 0.2) is 0 Å². The largest absolute Gasteiger partial charge is 0.489 e. The molecule has 5 aromatic rings. The van der Waals surface area contributed by atoms with E-state index < -0.39 is 0 Å². The molecule has 0 aliphatic rings. The van der Waals surface area contributed by atoms with Gasteiger partial charge in [-0.3, -0.25) is 0 Å². The Morgan fingerprint density at radius 3 is 2.70 bits per heavy atom. The smallest absolute Gasteiger partial charge is 0.121 e. The number of aromatic amines is 1. The van der Waals surface area contributed by atoms with Gasteiger partial charge in [0, 0.05) is 23.2 Å². The molecule has 2 heterocycles. The molecule has 0 unspecified atom stereocenters. The fourth-order valence-corrected chi connectivity index (χ4v) is 3.32. The summed E-state index contributed by atoms with van der Waals surface area (Å²) in [7, 11) is 0. The number of para-hydroxylation sites is 1. The summed E-state index contributed by atoms with van der Waals surface area (Å²) in [6, 6.07) is 24.3. The molecule has 0 fully saturated rings. The van der Waals surface area contributed by atoms with Gasteiger partial charge in [-0.1, -0.05) is 47.7 Å². The van der Waals surface area contributed by atoms with Crippen LogP contribution in [-0.2, 0) is 13.2 Å². The Hall–Kier alpha value is -3.60. The van der Waals surface area contributed by atoms with E-state index in [2.05, 4.69) is 33.5 Å². The van der Waals surface area contributed by atoms with Gasteiger partial charge < -0.3 is 9.72 Å². The Morgan fingerprint density at radius 1 is 0.926 bits per heavy atom. The van der Waals surface area contributed by atoms with Crippen LogP contribution < -0.4 is 4.74 Å². The maximum atomic E-state index is 5.93. The molecule has 5 rings (SSSR count). The molecule has 2 aromatic heterocycles. The maximum absolute atomic E-state index is 5.93. The fourth-order valence-electron chi connectivity index (χ4n) is 3.32. The van der Waals surface area contributed by atoms with Gasteiger partial charge in [0.2, 0.25) is 0 Å². The van der Waals surface area contributed by atoms with Crippen molar-refractivity contribution >= 4 is 21.9 Å². The van der Waals surface area contributed by atoms with Gasteiger partial charge in [0.25, 0.3) is 0 Å². The zero-order valence-corrected chi connectivity index (χ0v) is 14.7. The third-order valence-corrected chi connectivity index (χ3v) is 4.73. The number of ether oxygens (including phenoxy) is 1. The van der Waals surface area contributed by atoms with E-state index in [4.69, 9.17) is 4.74 Å². The number of hydrogen-bond acceptors (Lipinski definition) is 3. The summed E-state index contributed by atoms with van der Waals surface area (Å²) in [6.07, 6.45) is 2.03. The number of aromatic nitrogens is 4. The van der Waals surface area contributed by atoms with E-state index in [0.29, 0.717) is 13.2 Å². The first kappa shape index (κ1) is 15.6. The molecule has 0 aliphatic carbocycles. The van der Waals surface area contributed by atoms with Crippen LogP contribution >= 0.6 is 0 Å². The highest BCUT2D eigenvalue weighted by molar-refractivity contribution is 5.84. The number of nitrogens with zero attached hydrogens (tertiary/aromatic N) is 3. The molecule has 0 amide bonds. The molecule has 5 nitrogen and oxygen atoms in total. The number of nitrogens with one attached hydrogen (secondary N) is 1. The highest BCUT2D eigenvalue weighted by Crippen LogP contribution is 2.25. The lowest BCUT2D eigenvalue weighted by molar-refractivity contribution is 0.306. The van der Waals surface area contributed by atoms with E-state index in [-0.39, 0.29) is 0 Å². The van der Waals surface area contributed by atoms with E-state index in [0.717, 1.165) is 27.9 Å². The molecule has 132 valence electrons. The molecular weight excluding hydrogens is 336 g/mol. The lowest BCUT2D eigenvalue weighted by Crippen LogP contribution is -2.01. The van der Waals surface area contributed by atoms with Crippen molar-refractivity contribution in [2.75, 3.05) is 0 Å². The molecule has 0 saturated carbocycles. The fraction of sp³-hybridized carbons (Fsp3) is 0.0909. The molecule has 0 saturated heterocycles. The summed E-state index contributed by atoms with van der Waals surface area (Å²) in [4.78, 5) is 3.35. The summed E-state index contributed by atoms with van der Waals surface area (Å²) in [5, 5.41) is 9.68. The number of benzene rings is 3. The minimum absolute atomic E-state index is 0.560. The van der Waals surface area contributed by atoms with Crippen LogP contribution in [0.3, 0.4) is 0 Å². The van der Waals surface area contributed by atoms with Crippen molar-refractivity contribution < 1.29 is 4.74 Å². The lowest BCUT2D eigenvalue weighted by Gasteiger charge is -2.07. The average molecular weight is 354 g/mol. The van der Waals surface area contributed by atoms with Crippen LogP contribution in [0.15, 0.2) is 79.0 Å². The van der Waals surface area contributed by atoms with Crippen molar-refractivity contribution in [3.8, 4) is 5.75 Å². The second-order valence-electron chi connectivity index (χ2n) is 6.53. The van der Waals surface area contributed by atoms with E-state index in [1.807, 2.05) is 65.5 Å². The average Bonchev–Trinajstić information content (AvgIpc) is 3.32. The zero-order chi connectivity index (χ0) is 18.1.